The fraction of sp³-hybridized carbons (Fsp3) is 0.143. The molecule has 0 bridgehead atoms. The molecule has 0 spiro atoms. The topological polar surface area (TPSA) is 52.9 Å². The SMILES string of the molecule is Cc1ccccc1Cc1ccc(C#N)cc1NC(=O)C(C)c1cccc2ccccc12. The summed E-state index contributed by atoms with van der Waals surface area (Å²) >= 11 is 0. The Labute approximate surface area is 183 Å². The van der Waals surface area contributed by atoms with E-state index in [0.29, 0.717) is 17.7 Å². The van der Waals surface area contributed by atoms with E-state index in [1.165, 1.54) is 11.1 Å². The average Bonchev–Trinajstić information content (AvgIpc) is 2.80. The normalized spacial score (nSPS) is 11.6. The number of rotatable bonds is 5. The van der Waals surface area contributed by atoms with Crippen LogP contribution in [0.5, 0.6) is 0 Å². The summed E-state index contributed by atoms with van der Waals surface area (Å²) in [5, 5.41) is 14.7. The van der Waals surface area contributed by atoms with Crippen LogP contribution in [0.25, 0.3) is 10.8 Å². The summed E-state index contributed by atoms with van der Waals surface area (Å²) in [6.07, 6.45) is 0.691. The summed E-state index contributed by atoms with van der Waals surface area (Å²) < 4.78 is 0. The van der Waals surface area contributed by atoms with Crippen LogP contribution in [0.15, 0.2) is 84.9 Å². The van der Waals surface area contributed by atoms with Gasteiger partial charge in [-0.25, -0.2) is 0 Å². The summed E-state index contributed by atoms with van der Waals surface area (Å²) in [6.45, 7) is 4.01. The third-order valence-electron chi connectivity index (χ3n) is 5.82. The van der Waals surface area contributed by atoms with E-state index in [1.54, 1.807) is 12.1 Å². The van der Waals surface area contributed by atoms with Crippen LogP contribution < -0.4 is 5.32 Å². The highest BCUT2D eigenvalue weighted by molar-refractivity contribution is 5.99. The lowest BCUT2D eigenvalue weighted by Gasteiger charge is -2.17. The first-order chi connectivity index (χ1) is 15.1. The van der Waals surface area contributed by atoms with Crippen molar-refractivity contribution >= 4 is 22.4 Å². The molecule has 1 atom stereocenters. The molecule has 3 heteroatoms. The van der Waals surface area contributed by atoms with Gasteiger partial charge in [-0.15, -0.1) is 0 Å². The quantitative estimate of drug-likeness (QED) is 0.421. The highest BCUT2D eigenvalue weighted by Crippen LogP contribution is 2.28. The van der Waals surface area contributed by atoms with E-state index in [0.717, 1.165) is 21.9 Å². The van der Waals surface area contributed by atoms with Gasteiger partial charge in [0, 0.05) is 5.69 Å². The van der Waals surface area contributed by atoms with E-state index in [2.05, 4.69) is 42.6 Å². The molecule has 4 rings (SSSR count). The van der Waals surface area contributed by atoms with Crippen molar-refractivity contribution in [3.8, 4) is 6.07 Å². The van der Waals surface area contributed by atoms with E-state index >= 15 is 0 Å². The minimum Gasteiger partial charge on any atom is -0.325 e. The van der Waals surface area contributed by atoms with Gasteiger partial charge in [0.25, 0.3) is 0 Å². The molecule has 1 amide bonds. The monoisotopic (exact) mass is 404 g/mol. The predicted molar refractivity (Wildman–Crippen MR) is 126 cm³/mol. The lowest BCUT2D eigenvalue weighted by Crippen LogP contribution is -2.20. The molecule has 0 saturated heterocycles. The number of nitriles is 1. The van der Waals surface area contributed by atoms with Gasteiger partial charge in [0.2, 0.25) is 5.91 Å². The summed E-state index contributed by atoms with van der Waals surface area (Å²) in [5.41, 5.74) is 5.61. The maximum Gasteiger partial charge on any atom is 0.231 e. The molecule has 0 aliphatic rings. The van der Waals surface area contributed by atoms with Gasteiger partial charge in [-0.05, 0) is 65.4 Å². The van der Waals surface area contributed by atoms with Gasteiger partial charge in [0.15, 0.2) is 0 Å². The summed E-state index contributed by atoms with van der Waals surface area (Å²) in [4.78, 5) is 13.2. The molecule has 0 aliphatic carbocycles. The first-order valence-corrected chi connectivity index (χ1v) is 10.4. The maximum atomic E-state index is 13.2. The largest absolute Gasteiger partial charge is 0.325 e. The van der Waals surface area contributed by atoms with Gasteiger partial charge in [-0.1, -0.05) is 72.8 Å². The van der Waals surface area contributed by atoms with Crippen LogP contribution in [0.2, 0.25) is 0 Å². The minimum atomic E-state index is -0.330. The smallest absolute Gasteiger partial charge is 0.231 e. The van der Waals surface area contributed by atoms with Crippen molar-refractivity contribution in [1.82, 2.24) is 0 Å². The number of hydrogen-bond donors (Lipinski definition) is 1. The zero-order valence-corrected chi connectivity index (χ0v) is 17.7. The summed E-state index contributed by atoms with van der Waals surface area (Å²) in [6, 6.07) is 30.0. The third-order valence-corrected chi connectivity index (χ3v) is 5.82. The molecular formula is C28H24N2O. The minimum absolute atomic E-state index is 0.0857. The fourth-order valence-corrected chi connectivity index (χ4v) is 3.94. The van der Waals surface area contributed by atoms with Crippen molar-refractivity contribution in [3.63, 3.8) is 0 Å². The van der Waals surface area contributed by atoms with Gasteiger partial charge in [-0.3, -0.25) is 4.79 Å². The Hall–Kier alpha value is -3.90. The number of hydrogen-bond acceptors (Lipinski definition) is 2. The molecule has 0 heterocycles. The maximum absolute atomic E-state index is 13.2. The van der Waals surface area contributed by atoms with E-state index in [4.69, 9.17) is 0 Å². The second-order valence-electron chi connectivity index (χ2n) is 7.87. The van der Waals surface area contributed by atoms with Crippen molar-refractivity contribution in [2.45, 2.75) is 26.2 Å². The first kappa shape index (κ1) is 20.4. The average molecular weight is 405 g/mol. The zero-order valence-electron chi connectivity index (χ0n) is 17.7. The Morgan fingerprint density at radius 3 is 2.48 bits per heavy atom. The Morgan fingerprint density at radius 1 is 0.935 bits per heavy atom. The van der Waals surface area contributed by atoms with Crippen molar-refractivity contribution in [3.05, 3.63) is 113 Å². The van der Waals surface area contributed by atoms with Gasteiger partial charge in [0.1, 0.15) is 0 Å². The molecule has 31 heavy (non-hydrogen) atoms. The number of carbonyl (C=O) groups is 1. The number of nitrogens with one attached hydrogen (secondary N) is 1. The van der Waals surface area contributed by atoms with Crippen LogP contribution in [0.1, 0.15) is 40.7 Å². The molecule has 4 aromatic rings. The van der Waals surface area contributed by atoms with Crippen molar-refractivity contribution in [1.29, 1.82) is 5.26 Å². The highest BCUT2D eigenvalue weighted by Gasteiger charge is 2.19. The van der Waals surface area contributed by atoms with E-state index < -0.39 is 0 Å². The molecule has 0 fully saturated rings. The number of aryl methyl sites for hydroxylation is 1. The molecule has 0 radical (unpaired) electrons. The Balaban J connectivity index is 1.65. The van der Waals surface area contributed by atoms with Crippen LogP contribution in [-0.4, -0.2) is 5.91 Å². The standard InChI is InChI=1S/C28H24N2O/c1-19-8-3-4-10-23(19)17-24-15-14-21(18-29)16-27(24)30-28(31)20(2)25-13-7-11-22-9-5-6-12-26(22)25/h3-16,20H,17H2,1-2H3,(H,30,31). The summed E-state index contributed by atoms with van der Waals surface area (Å²) in [5.74, 6) is -0.416. The number of amides is 1. The number of carbonyl (C=O) groups excluding carboxylic acids is 1. The second-order valence-corrected chi connectivity index (χ2v) is 7.87. The molecular weight excluding hydrogens is 380 g/mol. The zero-order chi connectivity index (χ0) is 21.8. The summed E-state index contributed by atoms with van der Waals surface area (Å²) in [7, 11) is 0. The van der Waals surface area contributed by atoms with E-state index in [9.17, 15) is 10.1 Å². The number of fused-ring (bicyclic) bond motifs is 1. The van der Waals surface area contributed by atoms with Crippen LogP contribution >= 0.6 is 0 Å². The number of anilines is 1. The number of nitrogens with zero attached hydrogens (tertiary/aromatic N) is 1. The fourth-order valence-electron chi connectivity index (χ4n) is 3.94. The molecule has 0 aliphatic heterocycles. The molecule has 0 aromatic heterocycles. The Kier molecular flexibility index (Phi) is 5.82. The molecule has 152 valence electrons. The number of benzene rings is 4. The Morgan fingerprint density at radius 2 is 1.68 bits per heavy atom. The van der Waals surface area contributed by atoms with Gasteiger partial charge < -0.3 is 5.32 Å². The second kappa shape index (κ2) is 8.85. The van der Waals surface area contributed by atoms with Crippen LogP contribution in [0.3, 0.4) is 0 Å². The first-order valence-electron chi connectivity index (χ1n) is 10.4. The molecule has 4 aromatic carbocycles. The van der Waals surface area contributed by atoms with Gasteiger partial charge in [0.05, 0.1) is 17.6 Å². The highest BCUT2D eigenvalue weighted by atomic mass is 16.1. The van der Waals surface area contributed by atoms with Gasteiger partial charge in [-0.2, -0.15) is 5.26 Å². The van der Waals surface area contributed by atoms with Crippen molar-refractivity contribution in [2.24, 2.45) is 0 Å². The van der Waals surface area contributed by atoms with Crippen LogP contribution in [0.4, 0.5) is 5.69 Å². The molecule has 3 nitrogen and oxygen atoms in total. The van der Waals surface area contributed by atoms with E-state index in [1.807, 2.05) is 55.5 Å². The molecule has 0 saturated carbocycles. The molecule has 1 N–H and O–H groups in total. The van der Waals surface area contributed by atoms with Gasteiger partial charge >= 0.3 is 0 Å². The van der Waals surface area contributed by atoms with Crippen molar-refractivity contribution < 1.29 is 4.79 Å². The van der Waals surface area contributed by atoms with Crippen LogP contribution in [-0.2, 0) is 11.2 Å². The lowest BCUT2D eigenvalue weighted by molar-refractivity contribution is -0.117. The molecule has 1 unspecified atom stereocenters. The lowest BCUT2D eigenvalue weighted by atomic mass is 9.93. The Bertz CT molecular complexity index is 1290. The van der Waals surface area contributed by atoms with Crippen molar-refractivity contribution in [2.75, 3.05) is 5.32 Å². The predicted octanol–water partition coefficient (Wildman–Crippen LogP) is 6.35. The third kappa shape index (κ3) is 4.34. The van der Waals surface area contributed by atoms with E-state index in [-0.39, 0.29) is 11.8 Å². The van der Waals surface area contributed by atoms with Crippen LogP contribution in [0, 0.1) is 18.3 Å².